The molecule has 2 rings (SSSR count). The largest absolute Gasteiger partial charge is 0.300 e. The van der Waals surface area contributed by atoms with Crippen molar-refractivity contribution in [1.29, 1.82) is 5.26 Å². The lowest BCUT2D eigenvalue weighted by molar-refractivity contribution is 0.157. The zero-order valence-electron chi connectivity index (χ0n) is 13.5. The van der Waals surface area contributed by atoms with Gasteiger partial charge in [-0.25, -0.2) is 0 Å². The van der Waals surface area contributed by atoms with Gasteiger partial charge in [-0.2, -0.15) is 5.26 Å². The fourth-order valence-corrected chi connectivity index (χ4v) is 4.00. The molecule has 0 amide bonds. The standard InChI is InChI=1S/C16H30N4/c1-5-18-16(3,12-17)10-13(2)20-9-8-14-6-7-15(11-20)19(14)4/h13-15,18H,5-11H2,1-4H3. The normalized spacial score (nSPS) is 32.4. The molecule has 2 fully saturated rings. The van der Waals surface area contributed by atoms with E-state index in [1.54, 1.807) is 0 Å². The first kappa shape index (κ1) is 15.8. The lowest BCUT2D eigenvalue weighted by atomic mass is 9.93. The molecule has 4 unspecified atom stereocenters. The zero-order chi connectivity index (χ0) is 14.8. The van der Waals surface area contributed by atoms with Crippen LogP contribution < -0.4 is 5.32 Å². The lowest BCUT2D eigenvalue weighted by Gasteiger charge is -2.35. The summed E-state index contributed by atoms with van der Waals surface area (Å²) in [5.41, 5.74) is -0.397. The summed E-state index contributed by atoms with van der Waals surface area (Å²) in [6.45, 7) is 9.58. The first-order valence-corrected chi connectivity index (χ1v) is 8.11. The maximum atomic E-state index is 9.43. The summed E-state index contributed by atoms with van der Waals surface area (Å²) >= 11 is 0. The highest BCUT2D eigenvalue weighted by atomic mass is 15.3. The molecule has 0 radical (unpaired) electrons. The number of hydrogen-bond acceptors (Lipinski definition) is 4. The topological polar surface area (TPSA) is 42.3 Å². The minimum Gasteiger partial charge on any atom is -0.300 e. The van der Waals surface area contributed by atoms with Crippen LogP contribution in [0.4, 0.5) is 0 Å². The number of hydrogen-bond donors (Lipinski definition) is 1. The Morgan fingerprint density at radius 3 is 2.70 bits per heavy atom. The van der Waals surface area contributed by atoms with Crippen molar-refractivity contribution < 1.29 is 0 Å². The highest BCUT2D eigenvalue weighted by molar-refractivity contribution is 5.05. The van der Waals surface area contributed by atoms with Crippen molar-refractivity contribution in [2.45, 2.75) is 70.1 Å². The Hall–Kier alpha value is -0.630. The fraction of sp³-hybridized carbons (Fsp3) is 0.938. The zero-order valence-corrected chi connectivity index (χ0v) is 13.5. The van der Waals surface area contributed by atoms with E-state index in [1.165, 1.54) is 32.4 Å². The Labute approximate surface area is 124 Å². The van der Waals surface area contributed by atoms with Crippen molar-refractivity contribution in [2.75, 3.05) is 26.7 Å². The third kappa shape index (κ3) is 3.33. The summed E-state index contributed by atoms with van der Waals surface area (Å²) in [6, 6.07) is 4.43. The molecule has 4 nitrogen and oxygen atoms in total. The van der Waals surface area contributed by atoms with Gasteiger partial charge in [-0.3, -0.25) is 15.1 Å². The fourth-order valence-electron chi connectivity index (χ4n) is 4.00. The van der Waals surface area contributed by atoms with Crippen LogP contribution in [-0.4, -0.2) is 60.1 Å². The summed E-state index contributed by atoms with van der Waals surface area (Å²) in [6.07, 6.45) is 4.89. The molecule has 0 aliphatic carbocycles. The molecule has 0 saturated carbocycles. The molecular formula is C16H30N4. The second kappa shape index (κ2) is 6.43. The molecule has 0 spiro atoms. The lowest BCUT2D eigenvalue weighted by Crippen LogP contribution is -2.48. The van der Waals surface area contributed by atoms with Crippen molar-refractivity contribution >= 4 is 0 Å². The number of rotatable bonds is 5. The molecule has 1 N–H and O–H groups in total. The second-order valence-corrected chi connectivity index (χ2v) is 6.86. The van der Waals surface area contributed by atoms with E-state index in [0.29, 0.717) is 6.04 Å². The van der Waals surface area contributed by atoms with Gasteiger partial charge in [0, 0.05) is 24.7 Å². The van der Waals surface area contributed by atoms with Crippen molar-refractivity contribution in [3.05, 3.63) is 0 Å². The van der Waals surface area contributed by atoms with Gasteiger partial charge in [0.2, 0.25) is 0 Å². The van der Waals surface area contributed by atoms with Gasteiger partial charge in [0.25, 0.3) is 0 Å². The first-order chi connectivity index (χ1) is 9.49. The smallest absolute Gasteiger partial charge is 0.105 e. The van der Waals surface area contributed by atoms with E-state index in [1.807, 2.05) is 6.92 Å². The highest BCUT2D eigenvalue weighted by Gasteiger charge is 2.37. The van der Waals surface area contributed by atoms with Gasteiger partial charge in [-0.05, 0) is 59.7 Å². The molecule has 0 aromatic heterocycles. The molecule has 0 aromatic rings. The van der Waals surface area contributed by atoms with Gasteiger partial charge >= 0.3 is 0 Å². The predicted octanol–water partition coefficient (Wildman–Crippen LogP) is 1.83. The first-order valence-electron chi connectivity index (χ1n) is 8.11. The van der Waals surface area contributed by atoms with Crippen molar-refractivity contribution in [3.63, 3.8) is 0 Å². The van der Waals surface area contributed by atoms with Gasteiger partial charge < -0.3 is 0 Å². The number of fused-ring (bicyclic) bond motifs is 2. The van der Waals surface area contributed by atoms with Gasteiger partial charge in [0.15, 0.2) is 0 Å². The van der Waals surface area contributed by atoms with Gasteiger partial charge in [-0.1, -0.05) is 6.92 Å². The van der Waals surface area contributed by atoms with E-state index in [4.69, 9.17) is 0 Å². The molecule has 2 aliphatic rings. The molecule has 20 heavy (non-hydrogen) atoms. The molecule has 114 valence electrons. The number of nitriles is 1. The summed E-state index contributed by atoms with van der Waals surface area (Å²) in [4.78, 5) is 5.19. The van der Waals surface area contributed by atoms with Crippen LogP contribution in [0.1, 0.15) is 46.5 Å². The third-order valence-corrected chi connectivity index (χ3v) is 5.32. The molecule has 2 bridgehead atoms. The van der Waals surface area contributed by atoms with Crippen molar-refractivity contribution in [1.82, 2.24) is 15.1 Å². The van der Waals surface area contributed by atoms with E-state index < -0.39 is 5.54 Å². The van der Waals surface area contributed by atoms with Crippen LogP contribution >= 0.6 is 0 Å². The van der Waals surface area contributed by atoms with Crippen LogP contribution in [0, 0.1) is 11.3 Å². The Balaban J connectivity index is 1.96. The summed E-state index contributed by atoms with van der Waals surface area (Å²) in [5, 5.41) is 12.8. The molecule has 2 saturated heterocycles. The number of likely N-dealkylation sites (N-methyl/N-ethyl adjacent to an activating group) is 1. The molecule has 4 atom stereocenters. The van der Waals surface area contributed by atoms with Crippen LogP contribution in [-0.2, 0) is 0 Å². The van der Waals surface area contributed by atoms with Crippen LogP contribution in [0.3, 0.4) is 0 Å². The average Bonchev–Trinajstić information content (AvgIpc) is 2.63. The van der Waals surface area contributed by atoms with E-state index in [0.717, 1.165) is 25.0 Å². The molecular weight excluding hydrogens is 248 g/mol. The highest BCUT2D eigenvalue weighted by Crippen LogP contribution is 2.30. The minimum absolute atomic E-state index is 0.397. The second-order valence-electron chi connectivity index (χ2n) is 6.86. The average molecular weight is 278 g/mol. The summed E-state index contributed by atoms with van der Waals surface area (Å²) < 4.78 is 0. The quantitative estimate of drug-likeness (QED) is 0.833. The molecule has 0 aromatic carbocycles. The van der Waals surface area contributed by atoms with Gasteiger partial charge in [-0.15, -0.1) is 0 Å². The minimum atomic E-state index is -0.397. The van der Waals surface area contributed by atoms with Gasteiger partial charge in [0.1, 0.15) is 5.54 Å². The van der Waals surface area contributed by atoms with Gasteiger partial charge in [0.05, 0.1) is 6.07 Å². The Morgan fingerprint density at radius 2 is 2.05 bits per heavy atom. The molecule has 2 heterocycles. The predicted molar refractivity (Wildman–Crippen MR) is 82.5 cm³/mol. The Morgan fingerprint density at radius 1 is 1.35 bits per heavy atom. The van der Waals surface area contributed by atoms with E-state index in [2.05, 4.69) is 42.1 Å². The molecule has 4 heteroatoms. The van der Waals surface area contributed by atoms with Crippen LogP contribution in [0.2, 0.25) is 0 Å². The Kier molecular flexibility index (Phi) is 5.06. The molecule has 2 aliphatic heterocycles. The van der Waals surface area contributed by atoms with Crippen LogP contribution in [0.25, 0.3) is 0 Å². The maximum Gasteiger partial charge on any atom is 0.105 e. The summed E-state index contributed by atoms with van der Waals surface area (Å²) in [5.74, 6) is 0. The number of nitrogens with one attached hydrogen (secondary N) is 1. The summed E-state index contributed by atoms with van der Waals surface area (Å²) in [7, 11) is 2.29. The van der Waals surface area contributed by atoms with Crippen molar-refractivity contribution in [2.24, 2.45) is 0 Å². The monoisotopic (exact) mass is 278 g/mol. The SMILES string of the molecule is CCNC(C)(C#N)CC(C)N1CCC2CCC(C1)N2C. The number of likely N-dealkylation sites (tertiary alicyclic amines) is 1. The van der Waals surface area contributed by atoms with E-state index in [9.17, 15) is 5.26 Å². The van der Waals surface area contributed by atoms with Crippen LogP contribution in [0.15, 0.2) is 0 Å². The third-order valence-electron chi connectivity index (χ3n) is 5.32. The number of nitrogens with zero attached hydrogens (tertiary/aromatic N) is 3. The van der Waals surface area contributed by atoms with Crippen LogP contribution in [0.5, 0.6) is 0 Å². The van der Waals surface area contributed by atoms with E-state index in [-0.39, 0.29) is 0 Å². The van der Waals surface area contributed by atoms with Crippen molar-refractivity contribution in [3.8, 4) is 6.07 Å². The maximum absolute atomic E-state index is 9.43. The Bertz CT molecular complexity index is 364. The van der Waals surface area contributed by atoms with E-state index >= 15 is 0 Å².